The number of nitrogens with one attached hydrogen (secondary N) is 3. The van der Waals surface area contributed by atoms with Gasteiger partial charge in [-0.2, -0.15) is 0 Å². The fourth-order valence-electron chi connectivity index (χ4n) is 3.66. The molecule has 3 rings (SSSR count). The molecule has 0 unspecified atom stereocenters. The van der Waals surface area contributed by atoms with Gasteiger partial charge in [0.2, 0.25) is 0 Å². The van der Waals surface area contributed by atoms with Gasteiger partial charge in [0.1, 0.15) is 5.82 Å². The summed E-state index contributed by atoms with van der Waals surface area (Å²) in [6, 6.07) is 4.87. The van der Waals surface area contributed by atoms with Gasteiger partial charge in [0.05, 0.1) is 0 Å². The van der Waals surface area contributed by atoms with E-state index in [1.165, 1.54) is 45.0 Å². The Hall–Kier alpha value is -1.35. The molecule has 1 saturated heterocycles. The predicted octanol–water partition coefficient (Wildman–Crippen LogP) is 3.90. The number of guanidine groups is 1. The van der Waals surface area contributed by atoms with Crippen LogP contribution in [-0.4, -0.2) is 55.1 Å². The summed E-state index contributed by atoms with van der Waals surface area (Å²) in [5.74, 6) is 0.671. The minimum Gasteiger partial charge on any atom is -0.361 e. The van der Waals surface area contributed by atoms with Crippen LogP contribution in [0.25, 0.3) is 10.9 Å². The summed E-state index contributed by atoms with van der Waals surface area (Å²) in [4.78, 5) is 10.4. The van der Waals surface area contributed by atoms with Crippen LogP contribution in [0.3, 0.4) is 0 Å². The average Bonchev–Trinajstić information content (AvgIpc) is 3.31. The van der Waals surface area contributed by atoms with Gasteiger partial charge in [0.15, 0.2) is 5.96 Å². The molecule has 1 aromatic heterocycles. The summed E-state index contributed by atoms with van der Waals surface area (Å²) >= 11 is 0. The number of aromatic nitrogens is 1. The lowest BCUT2D eigenvalue weighted by atomic mass is 10.1. The van der Waals surface area contributed by atoms with Crippen LogP contribution in [0.15, 0.2) is 29.4 Å². The van der Waals surface area contributed by atoms with Crippen LogP contribution in [0, 0.1) is 5.82 Å². The molecule has 0 amide bonds. The number of aliphatic imine (C=N–C) groups is 1. The van der Waals surface area contributed by atoms with Crippen LogP contribution in [-0.2, 0) is 6.42 Å². The number of benzene rings is 1. The number of H-pyrrole nitrogens is 1. The third-order valence-electron chi connectivity index (χ3n) is 5.11. The number of aromatic amines is 1. The maximum Gasteiger partial charge on any atom is 0.191 e. The van der Waals surface area contributed by atoms with E-state index in [9.17, 15) is 4.39 Å². The van der Waals surface area contributed by atoms with Crippen molar-refractivity contribution >= 4 is 40.8 Å². The zero-order valence-corrected chi connectivity index (χ0v) is 19.1. The molecular formula is C21H33FIN5. The summed E-state index contributed by atoms with van der Waals surface area (Å²) in [6.45, 7) is 8.28. The van der Waals surface area contributed by atoms with Gasteiger partial charge in [0.25, 0.3) is 0 Å². The molecular weight excluding hydrogens is 468 g/mol. The van der Waals surface area contributed by atoms with Gasteiger partial charge in [-0.25, -0.2) is 4.39 Å². The molecule has 2 aromatic rings. The lowest BCUT2D eigenvalue weighted by Crippen LogP contribution is -2.38. The number of unbranched alkanes of at least 4 members (excludes halogenated alkanes) is 1. The van der Waals surface area contributed by atoms with E-state index in [0.29, 0.717) is 0 Å². The minimum absolute atomic E-state index is 0. The summed E-state index contributed by atoms with van der Waals surface area (Å²) in [5, 5.41) is 7.65. The normalized spacial score (nSPS) is 15.0. The first kappa shape index (κ1) is 22.9. The molecule has 0 spiro atoms. The molecule has 0 bridgehead atoms. The van der Waals surface area contributed by atoms with Crippen molar-refractivity contribution in [1.29, 1.82) is 0 Å². The topological polar surface area (TPSA) is 55.5 Å². The SMILES string of the molecule is CCNC(=NCCCCN1CCCC1)NCCc1c[nH]c2ccc(F)cc12.I. The Morgan fingerprint density at radius 3 is 2.82 bits per heavy atom. The van der Waals surface area contributed by atoms with Gasteiger partial charge in [-0.3, -0.25) is 4.99 Å². The monoisotopic (exact) mass is 501 g/mol. The Bertz CT molecular complexity index is 739. The van der Waals surface area contributed by atoms with Crippen LogP contribution in [0.1, 0.15) is 38.2 Å². The van der Waals surface area contributed by atoms with Crippen LogP contribution < -0.4 is 10.6 Å². The van der Waals surface area contributed by atoms with Crippen molar-refractivity contribution in [3.05, 3.63) is 35.8 Å². The number of nitrogens with zero attached hydrogens (tertiary/aromatic N) is 2. The van der Waals surface area contributed by atoms with Crippen molar-refractivity contribution in [3.63, 3.8) is 0 Å². The van der Waals surface area contributed by atoms with Crippen LogP contribution in [0.2, 0.25) is 0 Å². The van der Waals surface area contributed by atoms with Crippen molar-refractivity contribution in [2.45, 2.75) is 39.0 Å². The summed E-state index contributed by atoms with van der Waals surface area (Å²) in [7, 11) is 0. The Labute approximate surface area is 184 Å². The first-order chi connectivity index (χ1) is 13.3. The summed E-state index contributed by atoms with van der Waals surface area (Å²) < 4.78 is 13.5. The fraction of sp³-hybridized carbons (Fsp3) is 0.571. The van der Waals surface area contributed by atoms with Gasteiger partial charge in [-0.15, -0.1) is 24.0 Å². The molecule has 156 valence electrons. The van der Waals surface area contributed by atoms with Crippen LogP contribution >= 0.6 is 24.0 Å². The van der Waals surface area contributed by atoms with Crippen molar-refractivity contribution in [1.82, 2.24) is 20.5 Å². The molecule has 1 aliphatic heterocycles. The highest BCUT2D eigenvalue weighted by molar-refractivity contribution is 14.0. The number of fused-ring (bicyclic) bond motifs is 1. The standard InChI is InChI=1S/C21H32FN5.HI/c1-2-23-21(24-10-3-4-12-27-13-5-6-14-27)25-11-9-17-16-26-20-8-7-18(22)15-19(17)20;/h7-8,15-16,26H,2-6,9-14H2,1H3,(H2,23,24,25);1H. The summed E-state index contributed by atoms with van der Waals surface area (Å²) in [5.41, 5.74) is 2.10. The Morgan fingerprint density at radius 2 is 2.04 bits per heavy atom. The minimum atomic E-state index is -0.194. The van der Waals surface area contributed by atoms with E-state index in [0.717, 1.165) is 54.9 Å². The molecule has 1 aromatic carbocycles. The molecule has 1 fully saturated rings. The van der Waals surface area contributed by atoms with E-state index < -0.39 is 0 Å². The van der Waals surface area contributed by atoms with E-state index in [1.54, 1.807) is 12.1 Å². The van der Waals surface area contributed by atoms with Gasteiger partial charge < -0.3 is 20.5 Å². The molecule has 5 nitrogen and oxygen atoms in total. The first-order valence-corrected chi connectivity index (χ1v) is 10.3. The molecule has 2 heterocycles. The zero-order chi connectivity index (χ0) is 18.9. The van der Waals surface area contributed by atoms with Gasteiger partial charge in [-0.1, -0.05) is 0 Å². The lowest BCUT2D eigenvalue weighted by Gasteiger charge is -2.14. The third-order valence-corrected chi connectivity index (χ3v) is 5.11. The molecule has 1 aliphatic rings. The number of hydrogen-bond donors (Lipinski definition) is 3. The zero-order valence-electron chi connectivity index (χ0n) is 16.8. The van der Waals surface area contributed by atoms with Crippen molar-refractivity contribution in [2.75, 3.05) is 39.3 Å². The second-order valence-corrected chi connectivity index (χ2v) is 7.20. The molecule has 0 radical (unpaired) electrons. The van der Waals surface area contributed by atoms with Crippen molar-refractivity contribution < 1.29 is 4.39 Å². The number of rotatable bonds is 9. The van der Waals surface area contributed by atoms with Gasteiger partial charge in [0, 0.05) is 36.7 Å². The second-order valence-electron chi connectivity index (χ2n) is 7.20. The van der Waals surface area contributed by atoms with E-state index in [4.69, 9.17) is 0 Å². The molecule has 28 heavy (non-hydrogen) atoms. The highest BCUT2D eigenvalue weighted by atomic mass is 127. The maximum absolute atomic E-state index is 13.5. The number of hydrogen-bond acceptors (Lipinski definition) is 2. The molecule has 7 heteroatoms. The number of likely N-dealkylation sites (tertiary alicyclic amines) is 1. The lowest BCUT2D eigenvalue weighted by molar-refractivity contribution is 0.331. The molecule has 0 saturated carbocycles. The average molecular weight is 501 g/mol. The van der Waals surface area contributed by atoms with E-state index in [1.807, 2.05) is 6.20 Å². The van der Waals surface area contributed by atoms with E-state index in [-0.39, 0.29) is 29.8 Å². The fourth-order valence-corrected chi connectivity index (χ4v) is 3.66. The quantitative estimate of drug-likeness (QED) is 0.212. The smallest absolute Gasteiger partial charge is 0.191 e. The van der Waals surface area contributed by atoms with Gasteiger partial charge >= 0.3 is 0 Å². The largest absolute Gasteiger partial charge is 0.361 e. The Balaban J connectivity index is 0.00000280. The highest BCUT2D eigenvalue weighted by Gasteiger charge is 2.10. The third kappa shape index (κ3) is 6.92. The molecule has 0 aliphatic carbocycles. The van der Waals surface area contributed by atoms with E-state index >= 15 is 0 Å². The van der Waals surface area contributed by atoms with Crippen molar-refractivity contribution in [3.8, 4) is 0 Å². The maximum atomic E-state index is 13.5. The molecule has 3 N–H and O–H groups in total. The Morgan fingerprint density at radius 1 is 1.21 bits per heavy atom. The highest BCUT2D eigenvalue weighted by Crippen LogP contribution is 2.19. The van der Waals surface area contributed by atoms with E-state index in [2.05, 4.69) is 32.4 Å². The Kier molecular flexibility index (Phi) is 10.0. The summed E-state index contributed by atoms with van der Waals surface area (Å²) in [6.07, 6.45) is 7.83. The van der Waals surface area contributed by atoms with Crippen molar-refractivity contribution in [2.24, 2.45) is 4.99 Å². The number of halogens is 2. The van der Waals surface area contributed by atoms with Crippen LogP contribution in [0.5, 0.6) is 0 Å². The van der Waals surface area contributed by atoms with Crippen LogP contribution in [0.4, 0.5) is 4.39 Å². The predicted molar refractivity (Wildman–Crippen MR) is 126 cm³/mol. The first-order valence-electron chi connectivity index (χ1n) is 10.3. The second kappa shape index (κ2) is 12.3. The van der Waals surface area contributed by atoms with Gasteiger partial charge in [-0.05, 0) is 82.4 Å². The molecule has 0 atom stereocenters.